The van der Waals surface area contributed by atoms with Crippen molar-refractivity contribution in [3.63, 3.8) is 0 Å². The molecule has 0 aliphatic rings. The zero-order valence-electron chi connectivity index (χ0n) is 7.68. The van der Waals surface area contributed by atoms with Crippen LogP contribution in [0.3, 0.4) is 0 Å². The fraction of sp³-hybridized carbons (Fsp3) is 0.556. The minimum atomic E-state index is 0.420. The van der Waals surface area contributed by atoms with Crippen molar-refractivity contribution >= 4 is 0 Å². The summed E-state index contributed by atoms with van der Waals surface area (Å²) < 4.78 is 0. The Balaban J connectivity index is 2.86. The zero-order chi connectivity index (χ0) is 9.14. The van der Waals surface area contributed by atoms with Gasteiger partial charge in [-0.05, 0) is 19.3 Å². The number of nitrogens with one attached hydrogen (secondary N) is 1. The first kappa shape index (κ1) is 8.79. The molecule has 3 nitrogen and oxygen atoms in total. The minimum Gasteiger partial charge on any atom is -0.333 e. The Morgan fingerprint density at radius 3 is 2.67 bits per heavy atom. The van der Waals surface area contributed by atoms with Crippen LogP contribution in [0.1, 0.15) is 31.1 Å². The number of imidazole rings is 1. The second-order valence-corrected chi connectivity index (χ2v) is 3.37. The van der Waals surface area contributed by atoms with Gasteiger partial charge >= 0.3 is 0 Å². The van der Waals surface area contributed by atoms with E-state index in [1.165, 1.54) is 0 Å². The lowest BCUT2D eigenvalue weighted by molar-refractivity contribution is 0.634. The van der Waals surface area contributed by atoms with Crippen molar-refractivity contribution < 1.29 is 0 Å². The predicted molar refractivity (Wildman–Crippen MR) is 46.6 cm³/mol. The van der Waals surface area contributed by atoms with Gasteiger partial charge in [-0.2, -0.15) is 5.26 Å². The van der Waals surface area contributed by atoms with E-state index in [1.54, 1.807) is 0 Å². The number of rotatable bonds is 2. The Kier molecular flexibility index (Phi) is 2.49. The molecule has 64 valence electrons. The summed E-state index contributed by atoms with van der Waals surface area (Å²) in [5, 5.41) is 8.57. The predicted octanol–water partition coefficient (Wildman–Crippen LogP) is 1.79. The van der Waals surface area contributed by atoms with Gasteiger partial charge in [-0.15, -0.1) is 0 Å². The van der Waals surface area contributed by atoms with Crippen molar-refractivity contribution in [1.82, 2.24) is 9.97 Å². The van der Waals surface area contributed by atoms with Gasteiger partial charge in [0.2, 0.25) is 5.82 Å². The van der Waals surface area contributed by atoms with Crippen molar-refractivity contribution in [1.29, 1.82) is 5.26 Å². The monoisotopic (exact) mass is 163 g/mol. The molecule has 3 heteroatoms. The van der Waals surface area contributed by atoms with Gasteiger partial charge in [0.15, 0.2) is 0 Å². The quantitative estimate of drug-likeness (QED) is 0.722. The molecule has 0 aliphatic carbocycles. The molecule has 1 heterocycles. The number of aromatic nitrogens is 2. The van der Waals surface area contributed by atoms with Crippen molar-refractivity contribution in [2.45, 2.75) is 27.2 Å². The Hall–Kier alpha value is -1.30. The van der Waals surface area contributed by atoms with E-state index in [2.05, 4.69) is 23.8 Å². The first-order valence-corrected chi connectivity index (χ1v) is 4.09. The highest BCUT2D eigenvalue weighted by atomic mass is 14.9. The Labute approximate surface area is 72.4 Å². The first-order chi connectivity index (χ1) is 5.63. The topological polar surface area (TPSA) is 52.5 Å². The highest BCUT2D eigenvalue weighted by Gasteiger charge is 2.07. The molecule has 1 N–H and O–H groups in total. The molecule has 0 bridgehead atoms. The van der Waals surface area contributed by atoms with Crippen LogP contribution in [0.15, 0.2) is 0 Å². The molecule has 0 radical (unpaired) electrons. The van der Waals surface area contributed by atoms with Crippen molar-refractivity contribution in [2.75, 3.05) is 0 Å². The first-order valence-electron chi connectivity index (χ1n) is 4.09. The van der Waals surface area contributed by atoms with Gasteiger partial charge in [0, 0.05) is 5.69 Å². The lowest BCUT2D eigenvalue weighted by Crippen LogP contribution is -1.96. The fourth-order valence-corrected chi connectivity index (χ4v) is 1.13. The molecule has 1 aromatic rings. The number of nitrogens with zero attached hydrogens (tertiary/aromatic N) is 2. The van der Waals surface area contributed by atoms with E-state index in [9.17, 15) is 0 Å². The third-order valence-corrected chi connectivity index (χ3v) is 1.69. The molecule has 1 rings (SSSR count). The van der Waals surface area contributed by atoms with E-state index in [0.29, 0.717) is 11.7 Å². The van der Waals surface area contributed by atoms with Crippen LogP contribution in [-0.4, -0.2) is 9.97 Å². The smallest absolute Gasteiger partial charge is 0.210 e. The van der Waals surface area contributed by atoms with Gasteiger partial charge in [-0.1, -0.05) is 13.8 Å². The standard InChI is InChI=1S/C9H13N3/c1-6(2)4-8-7(3)11-9(5-10)12-8/h6H,4H2,1-3H3,(H,11,12). The molecule has 12 heavy (non-hydrogen) atoms. The molecule has 0 aliphatic heterocycles. The van der Waals surface area contributed by atoms with Crippen molar-refractivity contribution in [2.24, 2.45) is 5.92 Å². The van der Waals surface area contributed by atoms with Gasteiger partial charge in [0.25, 0.3) is 0 Å². The van der Waals surface area contributed by atoms with Gasteiger partial charge in [0.1, 0.15) is 6.07 Å². The van der Waals surface area contributed by atoms with E-state index < -0.39 is 0 Å². The molecule has 0 atom stereocenters. The summed E-state index contributed by atoms with van der Waals surface area (Å²) in [5.41, 5.74) is 2.03. The maximum atomic E-state index is 8.57. The third kappa shape index (κ3) is 1.85. The van der Waals surface area contributed by atoms with E-state index >= 15 is 0 Å². The van der Waals surface area contributed by atoms with Crippen LogP contribution < -0.4 is 0 Å². The summed E-state index contributed by atoms with van der Waals surface area (Å²) in [4.78, 5) is 7.08. The highest BCUT2D eigenvalue weighted by molar-refractivity contribution is 5.20. The van der Waals surface area contributed by atoms with E-state index in [1.807, 2.05) is 13.0 Å². The van der Waals surface area contributed by atoms with E-state index in [0.717, 1.165) is 17.8 Å². The normalized spacial score (nSPS) is 10.2. The average Bonchev–Trinajstić information content (AvgIpc) is 2.31. The van der Waals surface area contributed by atoms with Crippen molar-refractivity contribution in [3.05, 3.63) is 17.2 Å². The summed E-state index contributed by atoms with van der Waals surface area (Å²) in [5.74, 6) is 1.00. The van der Waals surface area contributed by atoms with Gasteiger partial charge in [-0.3, -0.25) is 0 Å². The number of hydrogen-bond acceptors (Lipinski definition) is 2. The summed E-state index contributed by atoms with van der Waals surface area (Å²) in [6, 6.07) is 1.99. The minimum absolute atomic E-state index is 0.420. The molecular formula is C9H13N3. The highest BCUT2D eigenvalue weighted by Crippen LogP contribution is 2.09. The SMILES string of the molecule is Cc1[nH]c(C#N)nc1CC(C)C. The number of nitriles is 1. The number of aromatic amines is 1. The van der Waals surface area contributed by atoms with Gasteiger partial charge in [0.05, 0.1) is 5.69 Å². The van der Waals surface area contributed by atoms with Gasteiger partial charge in [-0.25, -0.2) is 4.98 Å². The summed E-state index contributed by atoms with van der Waals surface area (Å²) in [6.45, 7) is 6.23. The molecule has 1 aromatic heterocycles. The second kappa shape index (κ2) is 3.40. The van der Waals surface area contributed by atoms with Crippen LogP contribution in [0.4, 0.5) is 0 Å². The number of hydrogen-bond donors (Lipinski definition) is 1. The van der Waals surface area contributed by atoms with Crippen LogP contribution in [0.5, 0.6) is 0 Å². The largest absolute Gasteiger partial charge is 0.333 e. The summed E-state index contributed by atoms with van der Waals surface area (Å²) in [7, 11) is 0. The molecule has 0 fully saturated rings. The van der Waals surface area contributed by atoms with E-state index in [4.69, 9.17) is 5.26 Å². The lowest BCUT2D eigenvalue weighted by Gasteiger charge is -2.00. The Morgan fingerprint density at radius 1 is 1.58 bits per heavy atom. The molecular weight excluding hydrogens is 150 g/mol. The Bertz CT molecular complexity index is 304. The average molecular weight is 163 g/mol. The van der Waals surface area contributed by atoms with Crippen LogP contribution in [0.25, 0.3) is 0 Å². The molecule has 0 aromatic carbocycles. The van der Waals surface area contributed by atoms with Crippen LogP contribution >= 0.6 is 0 Å². The summed E-state index contributed by atoms with van der Waals surface area (Å²) in [6.07, 6.45) is 0.935. The molecule has 0 saturated carbocycles. The zero-order valence-corrected chi connectivity index (χ0v) is 7.68. The van der Waals surface area contributed by atoms with Crippen LogP contribution in [0.2, 0.25) is 0 Å². The van der Waals surface area contributed by atoms with Gasteiger partial charge < -0.3 is 4.98 Å². The molecule has 0 amide bonds. The number of H-pyrrole nitrogens is 1. The fourth-order valence-electron chi connectivity index (χ4n) is 1.13. The third-order valence-electron chi connectivity index (χ3n) is 1.69. The van der Waals surface area contributed by atoms with Crippen LogP contribution in [0, 0.1) is 24.2 Å². The van der Waals surface area contributed by atoms with E-state index in [-0.39, 0.29) is 0 Å². The second-order valence-electron chi connectivity index (χ2n) is 3.37. The van der Waals surface area contributed by atoms with Crippen molar-refractivity contribution in [3.8, 4) is 6.07 Å². The lowest BCUT2D eigenvalue weighted by atomic mass is 10.1. The maximum Gasteiger partial charge on any atom is 0.210 e. The molecule has 0 saturated heterocycles. The molecule has 0 spiro atoms. The summed E-state index contributed by atoms with van der Waals surface area (Å²) >= 11 is 0. The number of aryl methyl sites for hydroxylation is 1. The molecule has 0 unspecified atom stereocenters. The Morgan fingerprint density at radius 2 is 2.25 bits per heavy atom. The van der Waals surface area contributed by atoms with Crippen LogP contribution in [-0.2, 0) is 6.42 Å². The maximum absolute atomic E-state index is 8.57.